The normalized spacial score (nSPS) is 21.7. The first-order valence-electron chi connectivity index (χ1n) is 6.54. The molecule has 5 heteroatoms. The summed E-state index contributed by atoms with van der Waals surface area (Å²) in [6, 6.07) is 5.68. The van der Waals surface area contributed by atoms with Crippen molar-refractivity contribution in [1.29, 1.82) is 0 Å². The Morgan fingerprint density at radius 1 is 1.42 bits per heavy atom. The average Bonchev–Trinajstić information content (AvgIpc) is 2.78. The zero-order valence-corrected chi connectivity index (χ0v) is 11.4. The highest BCUT2D eigenvalue weighted by Crippen LogP contribution is 2.24. The van der Waals surface area contributed by atoms with Crippen LogP contribution in [0.15, 0.2) is 18.2 Å². The van der Waals surface area contributed by atoms with E-state index in [0.717, 1.165) is 29.8 Å². The number of carbonyl (C=O) groups is 2. The molecule has 3 rings (SSSR count). The molecule has 1 fully saturated rings. The van der Waals surface area contributed by atoms with Crippen LogP contribution in [0.2, 0.25) is 0 Å². The molecule has 1 unspecified atom stereocenters. The van der Waals surface area contributed by atoms with E-state index in [9.17, 15) is 9.59 Å². The van der Waals surface area contributed by atoms with Crippen molar-refractivity contribution in [3.05, 3.63) is 29.3 Å². The number of fused-ring (bicyclic) bond motifs is 1. The Kier molecular flexibility index (Phi) is 3.46. The number of carbonyl (C=O) groups excluding carboxylic acids is 2. The molecule has 2 heterocycles. The van der Waals surface area contributed by atoms with Gasteiger partial charge >= 0.3 is 0 Å². The Morgan fingerprint density at radius 3 is 3.11 bits per heavy atom. The van der Waals surface area contributed by atoms with Gasteiger partial charge < -0.3 is 10.6 Å². The van der Waals surface area contributed by atoms with Crippen LogP contribution >= 0.6 is 11.8 Å². The summed E-state index contributed by atoms with van der Waals surface area (Å²) in [6.45, 7) is 0. The van der Waals surface area contributed by atoms with E-state index in [2.05, 4.69) is 10.6 Å². The van der Waals surface area contributed by atoms with Gasteiger partial charge in [-0.25, -0.2) is 0 Å². The number of rotatable bonds is 2. The Bertz CT molecular complexity index is 524. The van der Waals surface area contributed by atoms with Crippen LogP contribution in [0.3, 0.4) is 0 Å². The van der Waals surface area contributed by atoms with Gasteiger partial charge in [-0.2, -0.15) is 11.8 Å². The quantitative estimate of drug-likeness (QED) is 0.866. The topological polar surface area (TPSA) is 58.2 Å². The van der Waals surface area contributed by atoms with Gasteiger partial charge in [-0.1, -0.05) is 0 Å². The maximum atomic E-state index is 12.2. The van der Waals surface area contributed by atoms with Crippen molar-refractivity contribution >= 4 is 29.3 Å². The van der Waals surface area contributed by atoms with E-state index in [-0.39, 0.29) is 17.9 Å². The minimum atomic E-state index is -0.0327. The smallest absolute Gasteiger partial charge is 0.251 e. The van der Waals surface area contributed by atoms with Crippen molar-refractivity contribution in [2.75, 3.05) is 16.8 Å². The number of thioether (sulfide) groups is 1. The first-order valence-corrected chi connectivity index (χ1v) is 7.69. The van der Waals surface area contributed by atoms with Gasteiger partial charge in [0.25, 0.3) is 5.91 Å². The van der Waals surface area contributed by atoms with E-state index in [1.54, 1.807) is 6.07 Å². The second-order valence-corrected chi connectivity index (χ2v) is 6.13. The number of amides is 2. The molecule has 2 amide bonds. The lowest BCUT2D eigenvalue weighted by Crippen LogP contribution is -2.38. The van der Waals surface area contributed by atoms with Gasteiger partial charge in [0.05, 0.1) is 6.42 Å². The molecule has 1 atom stereocenters. The molecule has 100 valence electrons. The van der Waals surface area contributed by atoms with Crippen LogP contribution in [0.4, 0.5) is 5.69 Å². The molecule has 2 aliphatic heterocycles. The fourth-order valence-corrected chi connectivity index (χ4v) is 3.57. The number of anilines is 1. The second kappa shape index (κ2) is 5.25. The van der Waals surface area contributed by atoms with Gasteiger partial charge in [0, 0.05) is 23.0 Å². The van der Waals surface area contributed by atoms with Gasteiger partial charge in [0.1, 0.15) is 0 Å². The van der Waals surface area contributed by atoms with Gasteiger partial charge in [-0.05, 0) is 42.4 Å². The molecule has 0 aliphatic carbocycles. The lowest BCUT2D eigenvalue weighted by atomic mass is 10.1. The number of benzene rings is 1. The summed E-state index contributed by atoms with van der Waals surface area (Å²) < 4.78 is 0. The summed E-state index contributed by atoms with van der Waals surface area (Å²) in [5.74, 6) is 2.15. The van der Waals surface area contributed by atoms with Crippen molar-refractivity contribution in [1.82, 2.24) is 5.32 Å². The predicted octanol–water partition coefficient (Wildman–Crippen LogP) is 1.81. The van der Waals surface area contributed by atoms with Crippen LogP contribution < -0.4 is 10.6 Å². The Labute approximate surface area is 116 Å². The summed E-state index contributed by atoms with van der Waals surface area (Å²) in [6.07, 6.45) is 2.59. The molecular weight excluding hydrogens is 260 g/mol. The minimum absolute atomic E-state index is 0.00348. The van der Waals surface area contributed by atoms with E-state index in [4.69, 9.17) is 0 Å². The molecular formula is C14H16N2O2S. The highest BCUT2D eigenvalue weighted by atomic mass is 32.2. The highest BCUT2D eigenvalue weighted by Gasteiger charge is 2.21. The van der Waals surface area contributed by atoms with E-state index >= 15 is 0 Å². The van der Waals surface area contributed by atoms with Crippen molar-refractivity contribution in [3.8, 4) is 0 Å². The van der Waals surface area contributed by atoms with E-state index < -0.39 is 0 Å². The number of nitrogens with one attached hydrogen (secondary N) is 2. The minimum Gasteiger partial charge on any atom is -0.348 e. The summed E-state index contributed by atoms with van der Waals surface area (Å²) >= 11 is 1.89. The molecule has 2 N–H and O–H groups in total. The molecule has 0 spiro atoms. The van der Waals surface area contributed by atoms with Crippen molar-refractivity contribution < 1.29 is 9.59 Å². The van der Waals surface area contributed by atoms with Crippen molar-refractivity contribution in [2.24, 2.45) is 0 Å². The van der Waals surface area contributed by atoms with Crippen LogP contribution in [-0.4, -0.2) is 29.4 Å². The Morgan fingerprint density at radius 2 is 2.32 bits per heavy atom. The first kappa shape index (κ1) is 12.5. The molecule has 0 saturated carbocycles. The van der Waals surface area contributed by atoms with Crippen LogP contribution in [0.1, 0.15) is 28.8 Å². The van der Waals surface area contributed by atoms with Crippen LogP contribution in [0.5, 0.6) is 0 Å². The van der Waals surface area contributed by atoms with E-state index in [1.807, 2.05) is 23.9 Å². The zero-order valence-electron chi connectivity index (χ0n) is 10.6. The van der Waals surface area contributed by atoms with Crippen LogP contribution in [0.25, 0.3) is 0 Å². The lowest BCUT2D eigenvalue weighted by molar-refractivity contribution is -0.115. The third-order valence-electron chi connectivity index (χ3n) is 3.49. The van der Waals surface area contributed by atoms with Gasteiger partial charge in [-0.3, -0.25) is 9.59 Å². The van der Waals surface area contributed by atoms with E-state index in [1.165, 1.54) is 5.75 Å². The zero-order chi connectivity index (χ0) is 13.2. The molecule has 4 nitrogen and oxygen atoms in total. The fraction of sp³-hybridized carbons (Fsp3) is 0.429. The summed E-state index contributed by atoms with van der Waals surface area (Å²) in [7, 11) is 0. The second-order valence-electron chi connectivity index (χ2n) is 4.98. The SMILES string of the molecule is O=C1Cc2cc(C(=O)NC3CCCSC3)ccc2N1. The number of hydrogen-bond acceptors (Lipinski definition) is 3. The maximum absolute atomic E-state index is 12.2. The van der Waals surface area contributed by atoms with E-state index in [0.29, 0.717) is 12.0 Å². The summed E-state index contributed by atoms with van der Waals surface area (Å²) in [5.41, 5.74) is 2.39. The summed E-state index contributed by atoms with van der Waals surface area (Å²) in [5, 5.41) is 5.84. The largest absolute Gasteiger partial charge is 0.348 e. The predicted molar refractivity (Wildman–Crippen MR) is 76.6 cm³/mol. The Hall–Kier alpha value is -1.49. The molecule has 0 bridgehead atoms. The lowest BCUT2D eigenvalue weighted by Gasteiger charge is -2.22. The van der Waals surface area contributed by atoms with Gasteiger partial charge in [0.15, 0.2) is 0 Å². The average molecular weight is 276 g/mol. The van der Waals surface area contributed by atoms with Crippen LogP contribution in [0, 0.1) is 0 Å². The molecule has 19 heavy (non-hydrogen) atoms. The molecule has 2 aliphatic rings. The van der Waals surface area contributed by atoms with Crippen molar-refractivity contribution in [2.45, 2.75) is 25.3 Å². The number of hydrogen-bond donors (Lipinski definition) is 2. The van der Waals surface area contributed by atoms with Gasteiger partial charge in [0.2, 0.25) is 5.91 Å². The highest BCUT2D eigenvalue weighted by molar-refractivity contribution is 7.99. The van der Waals surface area contributed by atoms with Crippen molar-refractivity contribution in [3.63, 3.8) is 0 Å². The molecule has 1 aromatic carbocycles. The van der Waals surface area contributed by atoms with Gasteiger partial charge in [-0.15, -0.1) is 0 Å². The molecule has 0 aromatic heterocycles. The molecule has 1 aromatic rings. The third-order valence-corrected chi connectivity index (χ3v) is 4.70. The standard InChI is InChI=1S/C14H16N2O2S/c17-13-7-10-6-9(3-4-12(10)16-13)14(18)15-11-2-1-5-19-8-11/h3-4,6,11H,1-2,5,7-8H2,(H,15,18)(H,16,17). The fourth-order valence-electron chi connectivity index (χ4n) is 2.49. The molecule has 1 saturated heterocycles. The maximum Gasteiger partial charge on any atom is 0.251 e. The first-order chi connectivity index (χ1) is 9.22. The Balaban J connectivity index is 1.70. The third kappa shape index (κ3) is 2.76. The molecule has 0 radical (unpaired) electrons. The van der Waals surface area contributed by atoms with Crippen LogP contribution in [-0.2, 0) is 11.2 Å². The summed E-state index contributed by atoms with van der Waals surface area (Å²) in [4.78, 5) is 23.5. The monoisotopic (exact) mass is 276 g/mol.